The van der Waals surface area contributed by atoms with Gasteiger partial charge in [0, 0.05) is 6.54 Å². The molecule has 1 aliphatic rings. The average Bonchev–Trinajstić information content (AvgIpc) is 2.59. The van der Waals surface area contributed by atoms with E-state index < -0.39 is 11.7 Å². The van der Waals surface area contributed by atoms with Gasteiger partial charge in [-0.25, -0.2) is 0 Å². The first-order valence-electron chi connectivity index (χ1n) is 6.40. The fourth-order valence-electron chi connectivity index (χ4n) is 2.09. The number of aliphatic hydroxyl groups excluding tert-OH is 1. The molecule has 1 fully saturated rings. The van der Waals surface area contributed by atoms with E-state index in [4.69, 9.17) is 0 Å². The molecule has 0 saturated heterocycles. The molecule has 4 heteroatoms. The largest absolute Gasteiger partial charge is 0.391 e. The second-order valence-corrected chi connectivity index (χ2v) is 6.29. The molecule has 0 spiro atoms. The van der Waals surface area contributed by atoms with Gasteiger partial charge < -0.3 is 15.5 Å². The molecule has 0 aromatic carbocycles. The summed E-state index contributed by atoms with van der Waals surface area (Å²) in [5, 5.41) is 22.5. The van der Waals surface area contributed by atoms with Crippen molar-refractivity contribution in [2.45, 2.75) is 64.6 Å². The van der Waals surface area contributed by atoms with Gasteiger partial charge in [0.1, 0.15) is 0 Å². The second kappa shape index (κ2) is 5.36. The van der Waals surface area contributed by atoms with E-state index in [1.165, 1.54) is 0 Å². The topological polar surface area (TPSA) is 69.6 Å². The lowest BCUT2D eigenvalue weighted by molar-refractivity contribution is -0.126. The van der Waals surface area contributed by atoms with E-state index in [1.54, 1.807) is 0 Å². The predicted octanol–water partition coefficient (Wildman–Crippen LogP) is 1.20. The molecule has 3 N–H and O–H groups in total. The average molecular weight is 243 g/mol. The van der Waals surface area contributed by atoms with Crippen LogP contribution in [0.1, 0.15) is 52.9 Å². The lowest BCUT2D eigenvalue weighted by atomic mass is 9.89. The first kappa shape index (κ1) is 14.5. The van der Waals surface area contributed by atoms with Crippen LogP contribution in [-0.4, -0.2) is 34.4 Å². The zero-order chi connectivity index (χ0) is 13.1. The van der Waals surface area contributed by atoms with Crippen molar-refractivity contribution in [2.24, 2.45) is 5.41 Å². The Balaban J connectivity index is 2.30. The molecule has 1 rings (SSSR count). The van der Waals surface area contributed by atoms with E-state index in [0.717, 1.165) is 12.8 Å². The van der Waals surface area contributed by atoms with Crippen LogP contribution in [0.25, 0.3) is 0 Å². The summed E-state index contributed by atoms with van der Waals surface area (Å²) in [6.45, 7) is 6.02. The molecule has 0 radical (unpaired) electrons. The molecule has 0 heterocycles. The molecule has 1 unspecified atom stereocenters. The Bertz CT molecular complexity index is 264. The quantitative estimate of drug-likeness (QED) is 0.695. The van der Waals surface area contributed by atoms with Gasteiger partial charge in [0.05, 0.1) is 18.1 Å². The number of hydrogen-bond donors (Lipinski definition) is 3. The molecular formula is C13H25NO3. The van der Waals surface area contributed by atoms with Crippen molar-refractivity contribution < 1.29 is 15.0 Å². The van der Waals surface area contributed by atoms with Crippen molar-refractivity contribution in [3.8, 4) is 0 Å². The molecular weight excluding hydrogens is 218 g/mol. The maximum absolute atomic E-state index is 11.7. The summed E-state index contributed by atoms with van der Waals surface area (Å²) in [4.78, 5) is 11.7. The third kappa shape index (κ3) is 4.64. The van der Waals surface area contributed by atoms with Gasteiger partial charge in [0.15, 0.2) is 0 Å². The molecule has 1 aliphatic carbocycles. The molecule has 100 valence electrons. The number of nitrogens with one attached hydrogen (secondary N) is 1. The molecule has 0 bridgehead atoms. The summed E-state index contributed by atoms with van der Waals surface area (Å²) in [5.74, 6) is -0.169. The number of hydrogen-bond acceptors (Lipinski definition) is 3. The zero-order valence-electron chi connectivity index (χ0n) is 11.1. The van der Waals surface area contributed by atoms with Gasteiger partial charge in [-0.1, -0.05) is 33.6 Å². The summed E-state index contributed by atoms with van der Waals surface area (Å²) in [7, 11) is 0. The second-order valence-electron chi connectivity index (χ2n) is 6.29. The van der Waals surface area contributed by atoms with Crippen molar-refractivity contribution in [3.05, 3.63) is 0 Å². The van der Waals surface area contributed by atoms with E-state index >= 15 is 0 Å². The number of amides is 1. The number of carbonyl (C=O) groups is 1. The third-order valence-electron chi connectivity index (χ3n) is 3.52. The van der Waals surface area contributed by atoms with Crippen molar-refractivity contribution in [1.82, 2.24) is 5.32 Å². The van der Waals surface area contributed by atoms with Crippen LogP contribution in [0.5, 0.6) is 0 Å². The molecule has 0 aliphatic heterocycles. The van der Waals surface area contributed by atoms with Gasteiger partial charge in [-0.3, -0.25) is 4.79 Å². The fourth-order valence-corrected chi connectivity index (χ4v) is 2.09. The van der Waals surface area contributed by atoms with Gasteiger partial charge >= 0.3 is 0 Å². The molecule has 17 heavy (non-hydrogen) atoms. The maximum Gasteiger partial charge on any atom is 0.222 e. The minimum absolute atomic E-state index is 0.157. The van der Waals surface area contributed by atoms with Crippen molar-refractivity contribution >= 4 is 5.91 Å². The summed E-state index contributed by atoms with van der Waals surface area (Å²) >= 11 is 0. The molecule has 4 nitrogen and oxygen atoms in total. The van der Waals surface area contributed by atoms with Crippen molar-refractivity contribution in [1.29, 1.82) is 0 Å². The van der Waals surface area contributed by atoms with Crippen LogP contribution in [-0.2, 0) is 4.79 Å². The summed E-state index contributed by atoms with van der Waals surface area (Å²) in [6, 6.07) is 0. The third-order valence-corrected chi connectivity index (χ3v) is 3.52. The number of aliphatic hydroxyl groups is 2. The standard InChI is InChI=1S/C13H25NO3/c1-12(2,3)10(15)9-14-11(16)8-13(17)6-4-5-7-13/h10,15,17H,4-9H2,1-3H3,(H,14,16). The molecule has 1 amide bonds. The van der Waals surface area contributed by atoms with Crippen molar-refractivity contribution in [2.75, 3.05) is 6.54 Å². The molecule has 0 aromatic rings. The number of rotatable bonds is 4. The van der Waals surface area contributed by atoms with E-state index in [-0.39, 0.29) is 24.3 Å². The van der Waals surface area contributed by atoms with Crippen LogP contribution in [0.2, 0.25) is 0 Å². The van der Waals surface area contributed by atoms with Crippen LogP contribution in [0, 0.1) is 5.41 Å². The lowest BCUT2D eigenvalue weighted by Crippen LogP contribution is -2.41. The van der Waals surface area contributed by atoms with E-state index in [1.807, 2.05) is 20.8 Å². The SMILES string of the molecule is CC(C)(C)C(O)CNC(=O)CC1(O)CCCC1. The Kier molecular flexibility index (Phi) is 4.55. The Labute approximate surface area is 103 Å². The maximum atomic E-state index is 11.7. The first-order chi connectivity index (χ1) is 7.73. The van der Waals surface area contributed by atoms with Crippen LogP contribution in [0.15, 0.2) is 0 Å². The minimum atomic E-state index is -0.809. The summed E-state index contributed by atoms with van der Waals surface area (Å²) in [5.41, 5.74) is -1.05. The van der Waals surface area contributed by atoms with Gasteiger partial charge in [-0.05, 0) is 18.3 Å². The van der Waals surface area contributed by atoms with Crippen LogP contribution < -0.4 is 5.32 Å². The first-order valence-corrected chi connectivity index (χ1v) is 6.40. The molecule has 1 saturated carbocycles. The molecule has 0 aromatic heterocycles. The zero-order valence-corrected chi connectivity index (χ0v) is 11.1. The van der Waals surface area contributed by atoms with E-state index in [0.29, 0.717) is 12.8 Å². The van der Waals surface area contributed by atoms with Crippen LogP contribution in [0.3, 0.4) is 0 Å². The highest BCUT2D eigenvalue weighted by molar-refractivity contribution is 5.77. The highest BCUT2D eigenvalue weighted by Gasteiger charge is 2.33. The lowest BCUT2D eigenvalue weighted by Gasteiger charge is -2.27. The number of carbonyl (C=O) groups excluding carboxylic acids is 1. The molecule has 1 atom stereocenters. The summed E-state index contributed by atoms with van der Waals surface area (Å²) in [6.07, 6.45) is 3.00. The Morgan fingerprint density at radius 3 is 2.35 bits per heavy atom. The Morgan fingerprint density at radius 1 is 1.35 bits per heavy atom. The highest BCUT2D eigenvalue weighted by atomic mass is 16.3. The highest BCUT2D eigenvalue weighted by Crippen LogP contribution is 2.32. The minimum Gasteiger partial charge on any atom is -0.391 e. The van der Waals surface area contributed by atoms with Crippen molar-refractivity contribution in [3.63, 3.8) is 0 Å². The smallest absolute Gasteiger partial charge is 0.222 e. The Morgan fingerprint density at radius 2 is 1.88 bits per heavy atom. The normalized spacial score (nSPS) is 21.2. The van der Waals surface area contributed by atoms with E-state index in [2.05, 4.69) is 5.32 Å². The van der Waals surface area contributed by atoms with Gasteiger partial charge in [-0.15, -0.1) is 0 Å². The fraction of sp³-hybridized carbons (Fsp3) is 0.923. The van der Waals surface area contributed by atoms with Gasteiger partial charge in [-0.2, -0.15) is 0 Å². The van der Waals surface area contributed by atoms with Gasteiger partial charge in [0.25, 0.3) is 0 Å². The van der Waals surface area contributed by atoms with Crippen LogP contribution in [0.4, 0.5) is 0 Å². The van der Waals surface area contributed by atoms with E-state index in [9.17, 15) is 15.0 Å². The Hall–Kier alpha value is -0.610. The monoisotopic (exact) mass is 243 g/mol. The summed E-state index contributed by atoms with van der Waals surface area (Å²) < 4.78 is 0. The van der Waals surface area contributed by atoms with Crippen LogP contribution >= 0.6 is 0 Å². The predicted molar refractivity (Wildman–Crippen MR) is 66.5 cm³/mol. The van der Waals surface area contributed by atoms with Gasteiger partial charge in [0.2, 0.25) is 5.91 Å².